The smallest absolute Gasteiger partial charge is 0.243 e. The van der Waals surface area contributed by atoms with E-state index in [-0.39, 0.29) is 30.8 Å². The second-order valence-electron chi connectivity index (χ2n) is 8.67. The maximum absolute atomic E-state index is 13.4. The van der Waals surface area contributed by atoms with E-state index in [2.05, 4.69) is 5.32 Å². The first-order chi connectivity index (χ1) is 16.6. The zero-order valence-electron chi connectivity index (χ0n) is 20.9. The number of anilines is 1. The minimum Gasteiger partial charge on any atom is -0.352 e. The van der Waals surface area contributed by atoms with E-state index in [4.69, 9.17) is 11.6 Å². The Hall–Kier alpha value is -2.58. The molecule has 2 rings (SSSR count). The molecule has 2 atom stereocenters. The summed E-state index contributed by atoms with van der Waals surface area (Å²) in [5, 5.41) is 3.42. The number of sulfonamides is 1. The Morgan fingerprint density at radius 1 is 1.03 bits per heavy atom. The van der Waals surface area contributed by atoms with Gasteiger partial charge in [0.25, 0.3) is 0 Å². The minimum absolute atomic E-state index is 0.00578. The monoisotopic (exact) mass is 521 g/mol. The SMILES string of the molecule is CCC(C)NC(=O)C(CC)N(Cc1ccccc1)C(=O)CCCN(c1cccc(Cl)c1)S(C)(=O)=O. The third kappa shape index (κ3) is 8.85. The van der Waals surface area contributed by atoms with E-state index in [9.17, 15) is 18.0 Å². The quantitative estimate of drug-likeness (QED) is 0.417. The summed E-state index contributed by atoms with van der Waals surface area (Å²) in [6.07, 6.45) is 2.79. The number of rotatable bonds is 13. The van der Waals surface area contributed by atoms with Crippen LogP contribution in [0.25, 0.3) is 0 Å². The fraction of sp³-hybridized carbons (Fsp3) is 0.462. The van der Waals surface area contributed by atoms with Gasteiger partial charge < -0.3 is 10.2 Å². The Morgan fingerprint density at radius 2 is 1.71 bits per heavy atom. The topological polar surface area (TPSA) is 86.8 Å². The summed E-state index contributed by atoms with van der Waals surface area (Å²) < 4.78 is 26.1. The van der Waals surface area contributed by atoms with Crippen LogP contribution in [0.4, 0.5) is 5.69 Å². The molecular formula is C26H36ClN3O4S. The molecule has 1 N–H and O–H groups in total. The first-order valence-corrected chi connectivity index (χ1v) is 14.2. The van der Waals surface area contributed by atoms with Crippen LogP contribution in [0, 0.1) is 0 Å². The molecule has 0 spiro atoms. The van der Waals surface area contributed by atoms with Crippen molar-refractivity contribution in [2.75, 3.05) is 17.1 Å². The van der Waals surface area contributed by atoms with Gasteiger partial charge in [-0.05, 0) is 49.9 Å². The van der Waals surface area contributed by atoms with Crippen LogP contribution in [0.5, 0.6) is 0 Å². The molecule has 35 heavy (non-hydrogen) atoms. The molecule has 0 aromatic heterocycles. The van der Waals surface area contributed by atoms with Gasteiger partial charge in [0, 0.05) is 30.6 Å². The highest BCUT2D eigenvalue weighted by atomic mass is 35.5. The second-order valence-corrected chi connectivity index (χ2v) is 11.0. The molecule has 2 aromatic carbocycles. The first-order valence-electron chi connectivity index (χ1n) is 11.9. The highest BCUT2D eigenvalue weighted by molar-refractivity contribution is 7.92. The van der Waals surface area contributed by atoms with Gasteiger partial charge in [0.1, 0.15) is 6.04 Å². The third-order valence-corrected chi connectivity index (χ3v) is 7.26. The molecule has 0 aliphatic heterocycles. The van der Waals surface area contributed by atoms with Gasteiger partial charge in [-0.3, -0.25) is 13.9 Å². The van der Waals surface area contributed by atoms with Crippen LogP contribution in [-0.4, -0.2) is 50.0 Å². The molecule has 0 bridgehead atoms. The van der Waals surface area contributed by atoms with Gasteiger partial charge in [0.05, 0.1) is 11.9 Å². The number of carbonyl (C=O) groups is 2. The molecule has 0 aliphatic carbocycles. The van der Waals surface area contributed by atoms with E-state index in [0.29, 0.717) is 30.1 Å². The van der Waals surface area contributed by atoms with Crippen LogP contribution in [0.2, 0.25) is 5.02 Å². The summed E-state index contributed by atoms with van der Waals surface area (Å²) in [5.41, 5.74) is 1.38. The molecule has 192 valence electrons. The van der Waals surface area contributed by atoms with Gasteiger partial charge in [0.15, 0.2) is 0 Å². The summed E-state index contributed by atoms with van der Waals surface area (Å²) >= 11 is 6.05. The molecule has 0 fully saturated rings. The van der Waals surface area contributed by atoms with Crippen LogP contribution in [0.15, 0.2) is 54.6 Å². The van der Waals surface area contributed by atoms with Crippen molar-refractivity contribution in [2.24, 2.45) is 0 Å². The second kappa shape index (κ2) is 13.5. The van der Waals surface area contributed by atoms with Crippen molar-refractivity contribution < 1.29 is 18.0 Å². The highest BCUT2D eigenvalue weighted by Crippen LogP contribution is 2.23. The summed E-state index contributed by atoms with van der Waals surface area (Å²) in [7, 11) is -3.57. The first kappa shape index (κ1) is 28.7. The molecule has 2 aromatic rings. The summed E-state index contributed by atoms with van der Waals surface area (Å²) in [5.74, 6) is -0.373. The number of halogens is 1. The van der Waals surface area contributed by atoms with E-state index in [0.717, 1.165) is 18.2 Å². The van der Waals surface area contributed by atoms with Gasteiger partial charge in [-0.2, -0.15) is 0 Å². The largest absolute Gasteiger partial charge is 0.352 e. The van der Waals surface area contributed by atoms with Crippen LogP contribution >= 0.6 is 11.6 Å². The molecule has 2 unspecified atom stereocenters. The predicted octanol–water partition coefficient (Wildman–Crippen LogP) is 4.61. The maximum atomic E-state index is 13.4. The normalized spacial score (nSPS) is 13.1. The van der Waals surface area contributed by atoms with Gasteiger partial charge in [0.2, 0.25) is 21.8 Å². The lowest BCUT2D eigenvalue weighted by atomic mass is 10.1. The van der Waals surface area contributed by atoms with Gasteiger partial charge >= 0.3 is 0 Å². The molecule has 0 radical (unpaired) electrons. The van der Waals surface area contributed by atoms with Crippen molar-refractivity contribution >= 4 is 39.1 Å². The predicted molar refractivity (Wildman–Crippen MR) is 142 cm³/mol. The van der Waals surface area contributed by atoms with E-state index < -0.39 is 16.1 Å². The number of hydrogen-bond acceptors (Lipinski definition) is 4. The van der Waals surface area contributed by atoms with Gasteiger partial charge in [-0.1, -0.05) is 61.8 Å². The summed E-state index contributed by atoms with van der Waals surface area (Å²) in [6.45, 7) is 6.24. The minimum atomic E-state index is -3.57. The molecule has 0 saturated heterocycles. The average Bonchev–Trinajstić information content (AvgIpc) is 2.81. The molecule has 0 saturated carbocycles. The Labute approximate surface area is 214 Å². The summed E-state index contributed by atoms with van der Waals surface area (Å²) in [6, 6.07) is 15.5. The molecule has 9 heteroatoms. The number of carbonyl (C=O) groups excluding carboxylic acids is 2. The fourth-order valence-electron chi connectivity index (χ4n) is 3.78. The van der Waals surface area contributed by atoms with Crippen molar-refractivity contribution in [2.45, 2.75) is 65.1 Å². The fourth-order valence-corrected chi connectivity index (χ4v) is 4.92. The molecule has 2 amide bonds. The Bertz CT molecular complexity index is 1080. The van der Waals surface area contributed by atoms with Crippen LogP contribution < -0.4 is 9.62 Å². The number of amides is 2. The van der Waals surface area contributed by atoms with Crippen molar-refractivity contribution in [3.63, 3.8) is 0 Å². The standard InChI is InChI=1S/C26H36ClN3O4S/c1-5-20(3)28-26(32)24(6-2)29(19-21-12-8-7-9-13-21)25(31)16-11-17-30(35(4,33)34)23-15-10-14-22(27)18-23/h7-10,12-15,18,20,24H,5-6,11,16-17,19H2,1-4H3,(H,28,32). The molecule has 0 aliphatic rings. The number of hydrogen-bond donors (Lipinski definition) is 1. The lowest BCUT2D eigenvalue weighted by molar-refractivity contribution is -0.141. The van der Waals surface area contributed by atoms with E-state index in [1.165, 1.54) is 4.31 Å². The average molecular weight is 522 g/mol. The third-order valence-electron chi connectivity index (χ3n) is 5.83. The Balaban J connectivity index is 2.19. The van der Waals surface area contributed by atoms with Crippen molar-refractivity contribution in [1.82, 2.24) is 10.2 Å². The number of nitrogens with zero attached hydrogens (tertiary/aromatic N) is 2. The number of benzene rings is 2. The summed E-state index contributed by atoms with van der Waals surface area (Å²) in [4.78, 5) is 28.0. The molecule has 7 nitrogen and oxygen atoms in total. The van der Waals surface area contributed by atoms with Crippen LogP contribution in [-0.2, 0) is 26.2 Å². The van der Waals surface area contributed by atoms with Crippen LogP contribution in [0.1, 0.15) is 52.0 Å². The van der Waals surface area contributed by atoms with Crippen molar-refractivity contribution in [1.29, 1.82) is 0 Å². The van der Waals surface area contributed by atoms with Crippen molar-refractivity contribution in [3.8, 4) is 0 Å². The maximum Gasteiger partial charge on any atom is 0.243 e. The van der Waals surface area contributed by atoms with E-state index in [1.807, 2.05) is 51.1 Å². The lowest BCUT2D eigenvalue weighted by Crippen LogP contribution is -2.50. The zero-order valence-corrected chi connectivity index (χ0v) is 22.5. The molecule has 0 heterocycles. The van der Waals surface area contributed by atoms with E-state index >= 15 is 0 Å². The van der Waals surface area contributed by atoms with E-state index in [1.54, 1.807) is 29.2 Å². The highest BCUT2D eigenvalue weighted by Gasteiger charge is 2.29. The Morgan fingerprint density at radius 3 is 2.29 bits per heavy atom. The zero-order chi connectivity index (χ0) is 26.0. The van der Waals surface area contributed by atoms with Gasteiger partial charge in [-0.15, -0.1) is 0 Å². The lowest BCUT2D eigenvalue weighted by Gasteiger charge is -2.32. The van der Waals surface area contributed by atoms with Crippen molar-refractivity contribution in [3.05, 3.63) is 65.2 Å². The number of nitrogens with one attached hydrogen (secondary N) is 1. The molecular weight excluding hydrogens is 486 g/mol. The van der Waals surface area contributed by atoms with Gasteiger partial charge in [-0.25, -0.2) is 8.42 Å². The Kier molecular flexibility index (Phi) is 11.0. The van der Waals surface area contributed by atoms with Crippen LogP contribution in [0.3, 0.4) is 0 Å².